The number of aliphatic hydroxyl groups excluding tert-OH is 2. The number of aliphatic hydroxyl groups is 2. The van der Waals surface area contributed by atoms with E-state index < -0.39 is 34.0 Å². The fourth-order valence-corrected chi connectivity index (χ4v) is 6.01. The Bertz CT molecular complexity index is 845. The summed E-state index contributed by atoms with van der Waals surface area (Å²) in [6, 6.07) is 0. The highest BCUT2D eigenvalue weighted by molar-refractivity contribution is 7.80. The van der Waals surface area contributed by atoms with Crippen molar-refractivity contribution in [2.75, 3.05) is 13.2 Å². The molecule has 0 amide bonds. The number of fused-ring (bicyclic) bond motifs is 1. The van der Waals surface area contributed by atoms with Crippen LogP contribution in [0.15, 0.2) is 22.8 Å². The molecule has 0 spiro atoms. The Morgan fingerprint density at radius 3 is 2.55 bits per heavy atom. The number of carbonyl (C=O) groups is 1. The second-order valence-electron chi connectivity index (χ2n) is 9.00. The monoisotopic (exact) mass is 430 g/mol. The highest BCUT2D eigenvalue weighted by atomic mass is 32.3. The Labute approximate surface area is 171 Å². The van der Waals surface area contributed by atoms with Crippen molar-refractivity contribution >= 4 is 16.4 Å². The summed E-state index contributed by atoms with van der Waals surface area (Å²) in [6.07, 6.45) is 3.24. The number of ether oxygens (including phenoxy) is 1. The van der Waals surface area contributed by atoms with Gasteiger partial charge in [0.15, 0.2) is 0 Å². The minimum absolute atomic E-state index is 0.0280. The van der Waals surface area contributed by atoms with Crippen LogP contribution in [0.3, 0.4) is 0 Å². The standard InChI is InChI=1S/C20H30O8S/c1-12-4-7-16-19(2,14(12)6-5-13-15(21)10-27-18(13)23)9-8-17(22)20(16,3)11-28-29(24,25)26/h5,15-17,21-22H,4,6-11H2,1-3H3,(H,24,25,26)/b13-5+/t15-,16+,17-,19+,20+/m1/s1. The third kappa shape index (κ3) is 4.16. The Kier molecular flexibility index (Phi) is 6.01. The van der Waals surface area contributed by atoms with Crippen LogP contribution in [0.2, 0.25) is 0 Å². The van der Waals surface area contributed by atoms with E-state index in [4.69, 9.17) is 13.5 Å². The zero-order chi connectivity index (χ0) is 21.6. The molecule has 1 aliphatic heterocycles. The lowest BCUT2D eigenvalue weighted by molar-refractivity contribution is -0.135. The predicted molar refractivity (Wildman–Crippen MR) is 104 cm³/mol. The van der Waals surface area contributed by atoms with Gasteiger partial charge in [-0.3, -0.25) is 4.55 Å². The molecule has 1 saturated carbocycles. The van der Waals surface area contributed by atoms with Crippen LogP contribution in [0.5, 0.6) is 0 Å². The van der Waals surface area contributed by atoms with Crippen molar-refractivity contribution < 1.29 is 36.9 Å². The molecule has 0 aromatic rings. The zero-order valence-electron chi connectivity index (χ0n) is 17.1. The van der Waals surface area contributed by atoms with E-state index in [1.54, 1.807) is 13.0 Å². The van der Waals surface area contributed by atoms with Crippen molar-refractivity contribution in [3.05, 3.63) is 22.8 Å². The fraction of sp³-hybridized carbons (Fsp3) is 0.750. The number of carbonyl (C=O) groups excluding carboxylic acids is 1. The molecule has 1 saturated heterocycles. The molecule has 29 heavy (non-hydrogen) atoms. The van der Waals surface area contributed by atoms with E-state index in [9.17, 15) is 23.4 Å². The Morgan fingerprint density at radius 1 is 1.28 bits per heavy atom. The number of allylic oxidation sites excluding steroid dienone is 3. The smallest absolute Gasteiger partial charge is 0.397 e. The largest absolute Gasteiger partial charge is 0.459 e. The summed E-state index contributed by atoms with van der Waals surface area (Å²) in [6.45, 7) is 5.64. The molecular weight excluding hydrogens is 400 g/mol. The van der Waals surface area contributed by atoms with Crippen molar-refractivity contribution in [1.82, 2.24) is 0 Å². The van der Waals surface area contributed by atoms with Gasteiger partial charge in [0.1, 0.15) is 12.7 Å². The lowest BCUT2D eigenvalue weighted by Gasteiger charge is -2.57. The number of rotatable bonds is 5. The molecule has 0 unspecified atom stereocenters. The van der Waals surface area contributed by atoms with Gasteiger partial charge >= 0.3 is 16.4 Å². The average Bonchev–Trinajstić information content (AvgIpc) is 2.94. The molecule has 3 aliphatic rings. The Morgan fingerprint density at radius 2 is 1.97 bits per heavy atom. The van der Waals surface area contributed by atoms with E-state index in [2.05, 4.69) is 13.8 Å². The van der Waals surface area contributed by atoms with Gasteiger partial charge in [0.2, 0.25) is 0 Å². The first kappa shape index (κ1) is 22.4. The molecule has 5 atom stereocenters. The van der Waals surface area contributed by atoms with Crippen molar-refractivity contribution in [2.45, 2.75) is 65.1 Å². The number of esters is 1. The predicted octanol–water partition coefficient (Wildman–Crippen LogP) is 1.93. The summed E-state index contributed by atoms with van der Waals surface area (Å²) in [4.78, 5) is 11.8. The molecule has 0 bridgehead atoms. The summed E-state index contributed by atoms with van der Waals surface area (Å²) in [5.74, 6) is -0.572. The van der Waals surface area contributed by atoms with Gasteiger partial charge < -0.3 is 14.9 Å². The van der Waals surface area contributed by atoms with Gasteiger partial charge in [0.25, 0.3) is 0 Å². The van der Waals surface area contributed by atoms with Crippen LogP contribution in [-0.2, 0) is 24.1 Å². The molecule has 8 nitrogen and oxygen atoms in total. The van der Waals surface area contributed by atoms with Crippen LogP contribution in [0.4, 0.5) is 0 Å². The van der Waals surface area contributed by atoms with Crippen molar-refractivity contribution in [1.29, 1.82) is 0 Å². The van der Waals surface area contributed by atoms with E-state index in [0.717, 1.165) is 18.4 Å². The maximum Gasteiger partial charge on any atom is 0.397 e. The number of hydrogen-bond donors (Lipinski definition) is 3. The molecule has 9 heteroatoms. The van der Waals surface area contributed by atoms with Gasteiger partial charge in [-0.25, -0.2) is 8.98 Å². The average molecular weight is 431 g/mol. The van der Waals surface area contributed by atoms with E-state index in [0.29, 0.717) is 19.3 Å². The fourth-order valence-electron chi connectivity index (χ4n) is 5.61. The minimum atomic E-state index is -4.61. The first-order valence-electron chi connectivity index (χ1n) is 9.93. The van der Waals surface area contributed by atoms with Gasteiger partial charge in [0, 0.05) is 5.41 Å². The molecule has 0 aromatic carbocycles. The molecule has 1 heterocycles. The Balaban J connectivity index is 1.92. The summed E-state index contributed by atoms with van der Waals surface area (Å²) in [7, 11) is -4.61. The topological polar surface area (TPSA) is 130 Å². The van der Waals surface area contributed by atoms with Crippen LogP contribution in [-0.4, -0.2) is 54.6 Å². The van der Waals surface area contributed by atoms with Crippen molar-refractivity contribution in [3.8, 4) is 0 Å². The van der Waals surface area contributed by atoms with Crippen molar-refractivity contribution in [3.63, 3.8) is 0 Å². The normalized spacial score (nSPS) is 39.6. The Hall–Kier alpha value is -1.26. The molecule has 2 fully saturated rings. The summed E-state index contributed by atoms with van der Waals surface area (Å²) in [5.41, 5.74) is 1.43. The van der Waals surface area contributed by atoms with Crippen LogP contribution in [0.1, 0.15) is 52.9 Å². The van der Waals surface area contributed by atoms with Gasteiger partial charge in [-0.15, -0.1) is 0 Å². The highest BCUT2D eigenvalue weighted by Gasteiger charge is 2.56. The van der Waals surface area contributed by atoms with E-state index in [1.165, 1.54) is 5.57 Å². The quantitative estimate of drug-likeness (QED) is 0.261. The van der Waals surface area contributed by atoms with Gasteiger partial charge in [0.05, 0.1) is 18.3 Å². The SMILES string of the molecule is CC1=C(C/C=C2/C(=O)OC[C@H]2O)[C@]2(C)CC[C@@H](O)[C@@](C)(COS(=O)(=O)O)[C@H]2CC1. The zero-order valence-corrected chi connectivity index (χ0v) is 17.9. The van der Waals surface area contributed by atoms with E-state index in [-0.39, 0.29) is 30.1 Å². The van der Waals surface area contributed by atoms with E-state index in [1.807, 2.05) is 0 Å². The second kappa shape index (κ2) is 7.77. The highest BCUT2D eigenvalue weighted by Crippen LogP contribution is 2.60. The summed E-state index contributed by atoms with van der Waals surface area (Å²) >= 11 is 0. The number of hydrogen-bond acceptors (Lipinski definition) is 7. The second-order valence-corrected chi connectivity index (χ2v) is 10.1. The number of cyclic esters (lactones) is 1. The summed E-state index contributed by atoms with van der Waals surface area (Å²) < 4.78 is 41.0. The molecule has 3 N–H and O–H groups in total. The van der Waals surface area contributed by atoms with Crippen LogP contribution in [0, 0.1) is 16.7 Å². The minimum Gasteiger partial charge on any atom is -0.459 e. The lowest BCUT2D eigenvalue weighted by Crippen LogP contribution is -2.55. The first-order chi connectivity index (χ1) is 13.4. The van der Waals surface area contributed by atoms with Crippen LogP contribution < -0.4 is 0 Å². The lowest BCUT2D eigenvalue weighted by atomic mass is 9.48. The third-order valence-corrected chi connectivity index (χ3v) is 7.70. The molecular formula is C20H30O8S. The maximum atomic E-state index is 11.8. The maximum absolute atomic E-state index is 11.8. The van der Waals surface area contributed by atoms with Crippen LogP contribution in [0.25, 0.3) is 0 Å². The third-order valence-electron chi connectivity index (χ3n) is 7.29. The summed E-state index contributed by atoms with van der Waals surface area (Å²) in [5, 5.41) is 20.7. The van der Waals surface area contributed by atoms with Crippen LogP contribution >= 0.6 is 0 Å². The molecule has 164 valence electrons. The van der Waals surface area contributed by atoms with Gasteiger partial charge in [-0.2, -0.15) is 8.42 Å². The van der Waals surface area contributed by atoms with E-state index >= 15 is 0 Å². The molecule has 0 aromatic heterocycles. The first-order valence-corrected chi connectivity index (χ1v) is 11.3. The molecule has 2 aliphatic carbocycles. The van der Waals surface area contributed by atoms with Crippen molar-refractivity contribution in [2.24, 2.45) is 16.7 Å². The van der Waals surface area contributed by atoms with Gasteiger partial charge in [-0.1, -0.05) is 31.1 Å². The molecule has 3 rings (SSSR count). The molecule has 0 radical (unpaired) electrons. The van der Waals surface area contributed by atoms with Gasteiger partial charge in [-0.05, 0) is 50.4 Å².